The molecule has 1 spiro atoms. The molecule has 1 aliphatic carbocycles. The number of halogens is 1. The van der Waals surface area contributed by atoms with Gasteiger partial charge in [0.05, 0.1) is 5.60 Å². The summed E-state index contributed by atoms with van der Waals surface area (Å²) >= 11 is 6.02. The molecule has 98 valence electrons. The molecule has 1 aromatic rings. The second kappa shape index (κ2) is 5.10. The minimum atomic E-state index is 0.175. The molecule has 1 aromatic carbocycles. The lowest BCUT2D eigenvalue weighted by Gasteiger charge is -2.39. The van der Waals surface area contributed by atoms with Crippen molar-refractivity contribution in [1.82, 2.24) is 0 Å². The van der Waals surface area contributed by atoms with E-state index in [1.807, 2.05) is 18.2 Å². The third-order valence-corrected chi connectivity index (χ3v) is 4.44. The van der Waals surface area contributed by atoms with Crippen LogP contribution in [-0.2, 0) is 4.74 Å². The summed E-state index contributed by atoms with van der Waals surface area (Å²) in [5.74, 6) is 0. The Kier molecular flexibility index (Phi) is 3.49. The number of nitrogens with one attached hydrogen (secondary N) is 1. The summed E-state index contributed by atoms with van der Waals surface area (Å²) in [6, 6.07) is 8.52. The van der Waals surface area contributed by atoms with E-state index in [1.54, 1.807) is 0 Å². The SMILES string of the molecule is Clc1cccc(NC2CCOC3(CCCC3)C2)c1. The molecule has 2 nitrogen and oxygen atoms in total. The van der Waals surface area contributed by atoms with Crippen molar-refractivity contribution in [2.45, 2.75) is 50.2 Å². The van der Waals surface area contributed by atoms with Crippen LogP contribution in [-0.4, -0.2) is 18.2 Å². The Morgan fingerprint density at radius 3 is 2.89 bits per heavy atom. The zero-order chi connectivity index (χ0) is 12.4. The lowest BCUT2D eigenvalue weighted by molar-refractivity contribution is -0.0767. The van der Waals surface area contributed by atoms with E-state index in [2.05, 4.69) is 11.4 Å². The number of hydrogen-bond acceptors (Lipinski definition) is 2. The van der Waals surface area contributed by atoms with Crippen molar-refractivity contribution in [3.8, 4) is 0 Å². The summed E-state index contributed by atoms with van der Waals surface area (Å²) in [4.78, 5) is 0. The maximum absolute atomic E-state index is 6.05. The van der Waals surface area contributed by atoms with Crippen molar-refractivity contribution in [1.29, 1.82) is 0 Å². The molecule has 2 fully saturated rings. The van der Waals surface area contributed by atoms with E-state index in [1.165, 1.54) is 25.7 Å². The van der Waals surface area contributed by atoms with Crippen molar-refractivity contribution in [2.24, 2.45) is 0 Å². The molecular formula is C15H20ClNO. The van der Waals surface area contributed by atoms with Gasteiger partial charge in [0.15, 0.2) is 0 Å². The van der Waals surface area contributed by atoms with Gasteiger partial charge < -0.3 is 10.1 Å². The maximum Gasteiger partial charge on any atom is 0.0702 e. The molecule has 0 aromatic heterocycles. The van der Waals surface area contributed by atoms with E-state index in [9.17, 15) is 0 Å². The second-order valence-corrected chi connectivity index (χ2v) is 6.02. The Balaban J connectivity index is 1.66. The van der Waals surface area contributed by atoms with Crippen LogP contribution in [0.15, 0.2) is 24.3 Å². The maximum atomic E-state index is 6.05. The standard InChI is InChI=1S/C15H20ClNO/c16-12-4-3-5-13(10-12)17-14-6-9-18-15(11-14)7-1-2-8-15/h3-5,10,14,17H,1-2,6-9,11H2. The predicted molar refractivity (Wildman–Crippen MR) is 75.2 cm³/mol. The summed E-state index contributed by atoms with van der Waals surface area (Å²) in [5.41, 5.74) is 1.30. The largest absolute Gasteiger partial charge is 0.382 e. The highest BCUT2D eigenvalue weighted by Crippen LogP contribution is 2.40. The predicted octanol–water partition coefficient (Wildman–Crippen LogP) is 4.24. The molecule has 1 N–H and O–H groups in total. The normalized spacial score (nSPS) is 26.4. The van der Waals surface area contributed by atoms with Gasteiger partial charge in [0.2, 0.25) is 0 Å². The van der Waals surface area contributed by atoms with Gasteiger partial charge in [-0.2, -0.15) is 0 Å². The number of rotatable bonds is 2. The molecule has 1 aliphatic heterocycles. The van der Waals surface area contributed by atoms with E-state index in [-0.39, 0.29) is 5.60 Å². The molecule has 1 unspecified atom stereocenters. The van der Waals surface area contributed by atoms with Crippen LogP contribution in [0, 0.1) is 0 Å². The number of anilines is 1. The summed E-state index contributed by atoms with van der Waals surface area (Å²) in [6.07, 6.45) is 7.35. The van der Waals surface area contributed by atoms with Crippen LogP contribution in [0.25, 0.3) is 0 Å². The Labute approximate surface area is 114 Å². The first-order valence-corrected chi connectivity index (χ1v) is 7.30. The van der Waals surface area contributed by atoms with Crippen LogP contribution in [0.5, 0.6) is 0 Å². The van der Waals surface area contributed by atoms with Crippen molar-refractivity contribution >= 4 is 17.3 Å². The highest BCUT2D eigenvalue weighted by Gasteiger charge is 2.39. The fourth-order valence-corrected chi connectivity index (χ4v) is 3.52. The summed E-state index contributed by atoms with van der Waals surface area (Å²) in [6.45, 7) is 0.887. The summed E-state index contributed by atoms with van der Waals surface area (Å²) < 4.78 is 6.05. The molecule has 1 saturated carbocycles. The molecule has 0 radical (unpaired) electrons. The van der Waals surface area contributed by atoms with Crippen LogP contribution < -0.4 is 5.32 Å². The van der Waals surface area contributed by atoms with Gasteiger partial charge in [-0.15, -0.1) is 0 Å². The quantitative estimate of drug-likeness (QED) is 0.863. The second-order valence-electron chi connectivity index (χ2n) is 5.58. The average Bonchev–Trinajstić information content (AvgIpc) is 2.77. The van der Waals surface area contributed by atoms with Crippen molar-refractivity contribution in [2.75, 3.05) is 11.9 Å². The van der Waals surface area contributed by atoms with Crippen molar-refractivity contribution < 1.29 is 4.74 Å². The first-order chi connectivity index (χ1) is 8.76. The molecule has 1 heterocycles. The first kappa shape index (κ1) is 12.3. The number of ether oxygens (including phenoxy) is 1. The average molecular weight is 266 g/mol. The fourth-order valence-electron chi connectivity index (χ4n) is 3.33. The first-order valence-electron chi connectivity index (χ1n) is 6.92. The summed E-state index contributed by atoms with van der Waals surface area (Å²) in [5, 5.41) is 4.40. The van der Waals surface area contributed by atoms with Gasteiger partial charge in [-0.05, 0) is 43.9 Å². The Hall–Kier alpha value is -0.730. The van der Waals surface area contributed by atoms with E-state index >= 15 is 0 Å². The monoisotopic (exact) mass is 265 g/mol. The van der Waals surface area contributed by atoms with E-state index in [0.717, 1.165) is 30.2 Å². The molecule has 0 amide bonds. The van der Waals surface area contributed by atoms with Gasteiger partial charge >= 0.3 is 0 Å². The third kappa shape index (κ3) is 2.65. The van der Waals surface area contributed by atoms with Gasteiger partial charge in [0.1, 0.15) is 0 Å². The number of benzene rings is 1. The molecule has 2 aliphatic rings. The van der Waals surface area contributed by atoms with E-state index < -0.39 is 0 Å². The van der Waals surface area contributed by atoms with E-state index in [4.69, 9.17) is 16.3 Å². The highest BCUT2D eigenvalue weighted by molar-refractivity contribution is 6.30. The van der Waals surface area contributed by atoms with Crippen LogP contribution in [0.3, 0.4) is 0 Å². The number of hydrogen-bond donors (Lipinski definition) is 1. The lowest BCUT2D eigenvalue weighted by Crippen LogP contribution is -2.42. The molecule has 3 rings (SSSR count). The zero-order valence-electron chi connectivity index (χ0n) is 10.6. The molecule has 3 heteroatoms. The van der Waals surface area contributed by atoms with Gasteiger partial charge in [-0.1, -0.05) is 30.5 Å². The minimum Gasteiger partial charge on any atom is -0.382 e. The molecule has 0 bridgehead atoms. The van der Waals surface area contributed by atoms with Crippen LogP contribution >= 0.6 is 11.6 Å². The Morgan fingerprint density at radius 2 is 2.11 bits per heavy atom. The van der Waals surface area contributed by atoms with Crippen LogP contribution in [0.4, 0.5) is 5.69 Å². The Morgan fingerprint density at radius 1 is 1.28 bits per heavy atom. The lowest BCUT2D eigenvalue weighted by atomic mass is 9.89. The molecule has 18 heavy (non-hydrogen) atoms. The molecular weight excluding hydrogens is 246 g/mol. The van der Waals surface area contributed by atoms with Gasteiger partial charge in [0, 0.05) is 23.4 Å². The van der Waals surface area contributed by atoms with Gasteiger partial charge in [-0.25, -0.2) is 0 Å². The zero-order valence-corrected chi connectivity index (χ0v) is 11.4. The molecule has 1 saturated heterocycles. The molecule has 1 atom stereocenters. The van der Waals surface area contributed by atoms with Crippen molar-refractivity contribution in [3.63, 3.8) is 0 Å². The third-order valence-electron chi connectivity index (χ3n) is 4.20. The van der Waals surface area contributed by atoms with Gasteiger partial charge in [-0.3, -0.25) is 0 Å². The highest BCUT2D eigenvalue weighted by atomic mass is 35.5. The Bertz CT molecular complexity index is 415. The van der Waals surface area contributed by atoms with Crippen LogP contribution in [0.1, 0.15) is 38.5 Å². The van der Waals surface area contributed by atoms with Crippen LogP contribution in [0.2, 0.25) is 5.02 Å². The van der Waals surface area contributed by atoms with Gasteiger partial charge in [0.25, 0.3) is 0 Å². The smallest absolute Gasteiger partial charge is 0.0702 e. The minimum absolute atomic E-state index is 0.175. The van der Waals surface area contributed by atoms with Crippen molar-refractivity contribution in [3.05, 3.63) is 29.3 Å². The fraction of sp³-hybridized carbons (Fsp3) is 0.600. The topological polar surface area (TPSA) is 21.3 Å². The summed E-state index contributed by atoms with van der Waals surface area (Å²) in [7, 11) is 0. The van der Waals surface area contributed by atoms with E-state index in [0.29, 0.717) is 6.04 Å².